The molecule has 1 aromatic carbocycles. The van der Waals surface area contributed by atoms with E-state index in [9.17, 15) is 23.2 Å². The molecule has 2 N–H and O–H groups in total. The van der Waals surface area contributed by atoms with Gasteiger partial charge < -0.3 is 14.8 Å². The lowest BCUT2D eigenvalue weighted by Crippen LogP contribution is -2.64. The van der Waals surface area contributed by atoms with Gasteiger partial charge in [0.25, 0.3) is 5.91 Å². The van der Waals surface area contributed by atoms with Crippen molar-refractivity contribution in [3.05, 3.63) is 18.2 Å². The van der Waals surface area contributed by atoms with Crippen molar-refractivity contribution in [3.63, 3.8) is 0 Å². The van der Waals surface area contributed by atoms with Crippen LogP contribution in [0.5, 0.6) is 11.5 Å². The lowest BCUT2D eigenvalue weighted by Gasteiger charge is -2.41. The van der Waals surface area contributed by atoms with Crippen LogP contribution in [0.4, 0.5) is 4.79 Å². The third-order valence-corrected chi connectivity index (χ3v) is 7.12. The summed E-state index contributed by atoms with van der Waals surface area (Å²) in [6.45, 7) is 0. The number of nitrogens with zero attached hydrogens (tertiary/aromatic N) is 1. The SMILES string of the molecule is COc1cc(OC)cc(S(=O)(=O)C2CCCC3C(=O)N(O)C(=O)NC32)c1. The molecule has 142 valence electrons. The maximum absolute atomic E-state index is 13.2. The second-order valence-electron chi connectivity index (χ2n) is 6.29. The average Bonchev–Trinajstić information content (AvgIpc) is 2.65. The molecule has 3 amide bonds. The summed E-state index contributed by atoms with van der Waals surface area (Å²) in [5, 5.41) is 11.0. The molecule has 1 heterocycles. The molecule has 2 aliphatic rings. The van der Waals surface area contributed by atoms with Crippen LogP contribution in [-0.2, 0) is 14.6 Å². The molecule has 0 spiro atoms. The number of hydroxylamine groups is 2. The summed E-state index contributed by atoms with van der Waals surface area (Å²) >= 11 is 0. The fourth-order valence-electron chi connectivity index (χ4n) is 3.56. The normalized spacial score (nSPS) is 26.1. The molecule has 1 saturated carbocycles. The number of carbonyl (C=O) groups excluding carboxylic acids is 2. The molecule has 0 aromatic heterocycles. The monoisotopic (exact) mass is 384 g/mol. The Morgan fingerprint density at radius 1 is 1.12 bits per heavy atom. The topological polar surface area (TPSA) is 122 Å². The predicted octanol–water partition coefficient (Wildman–Crippen LogP) is 0.956. The van der Waals surface area contributed by atoms with Crippen LogP contribution in [0.2, 0.25) is 0 Å². The summed E-state index contributed by atoms with van der Waals surface area (Å²) < 4.78 is 36.7. The summed E-state index contributed by atoms with van der Waals surface area (Å²) in [7, 11) is -1.06. The van der Waals surface area contributed by atoms with Gasteiger partial charge in [-0.25, -0.2) is 13.2 Å². The molecule has 3 atom stereocenters. The van der Waals surface area contributed by atoms with Crippen LogP contribution >= 0.6 is 0 Å². The lowest BCUT2D eigenvalue weighted by molar-refractivity contribution is -0.163. The molecule has 1 aromatic rings. The number of nitrogens with one attached hydrogen (secondary N) is 1. The second-order valence-corrected chi connectivity index (χ2v) is 8.46. The third-order valence-electron chi connectivity index (χ3n) is 4.90. The summed E-state index contributed by atoms with van der Waals surface area (Å²) in [5.74, 6) is -0.915. The number of sulfone groups is 1. The van der Waals surface area contributed by atoms with Crippen LogP contribution in [0.15, 0.2) is 23.1 Å². The van der Waals surface area contributed by atoms with E-state index in [2.05, 4.69) is 5.32 Å². The Balaban J connectivity index is 2.01. The van der Waals surface area contributed by atoms with Crippen LogP contribution in [-0.4, -0.2) is 56.1 Å². The van der Waals surface area contributed by atoms with Gasteiger partial charge >= 0.3 is 6.03 Å². The predicted molar refractivity (Wildman–Crippen MR) is 88.8 cm³/mol. The molecule has 3 unspecified atom stereocenters. The van der Waals surface area contributed by atoms with E-state index in [4.69, 9.17) is 9.47 Å². The zero-order valence-electron chi connectivity index (χ0n) is 14.3. The van der Waals surface area contributed by atoms with Crippen LogP contribution < -0.4 is 14.8 Å². The number of urea groups is 1. The number of carbonyl (C=O) groups is 2. The number of imide groups is 1. The maximum atomic E-state index is 13.2. The fraction of sp³-hybridized carbons (Fsp3) is 0.500. The van der Waals surface area contributed by atoms with Crippen LogP contribution in [0.3, 0.4) is 0 Å². The van der Waals surface area contributed by atoms with Gasteiger partial charge in [0, 0.05) is 6.07 Å². The molecular weight excluding hydrogens is 364 g/mol. The maximum Gasteiger partial charge on any atom is 0.348 e. The fourth-order valence-corrected chi connectivity index (χ4v) is 5.59. The minimum atomic E-state index is -3.89. The number of ether oxygens (including phenoxy) is 2. The first-order chi connectivity index (χ1) is 12.3. The van der Waals surface area contributed by atoms with Gasteiger partial charge in [-0.1, -0.05) is 6.42 Å². The highest BCUT2D eigenvalue weighted by atomic mass is 32.2. The first kappa shape index (κ1) is 18.5. The molecule has 10 heteroatoms. The standard InChI is InChI=1S/C16H20N2O7S/c1-24-9-6-10(25-2)8-11(7-9)26(22,23)13-5-3-4-12-14(13)17-16(20)18(21)15(12)19/h6-8,12-14,21H,3-5H2,1-2H3,(H,17,20). The Morgan fingerprint density at radius 3 is 2.31 bits per heavy atom. The highest BCUT2D eigenvalue weighted by Crippen LogP contribution is 2.37. The van der Waals surface area contributed by atoms with Gasteiger partial charge in [-0.2, -0.15) is 0 Å². The van der Waals surface area contributed by atoms with Gasteiger partial charge in [-0.15, -0.1) is 5.06 Å². The molecule has 2 fully saturated rings. The van der Waals surface area contributed by atoms with Gasteiger partial charge in [0.2, 0.25) is 0 Å². The number of amides is 3. The Morgan fingerprint density at radius 2 is 1.73 bits per heavy atom. The Labute approximate surface area is 150 Å². The molecule has 1 aliphatic carbocycles. The third kappa shape index (κ3) is 2.99. The van der Waals surface area contributed by atoms with Crippen molar-refractivity contribution in [2.45, 2.75) is 35.4 Å². The van der Waals surface area contributed by atoms with Gasteiger partial charge in [-0.05, 0) is 25.0 Å². The number of fused-ring (bicyclic) bond motifs is 1. The average molecular weight is 384 g/mol. The van der Waals surface area contributed by atoms with E-state index in [0.29, 0.717) is 30.8 Å². The first-order valence-corrected chi connectivity index (χ1v) is 9.64. The van der Waals surface area contributed by atoms with Crippen molar-refractivity contribution in [1.82, 2.24) is 10.4 Å². The van der Waals surface area contributed by atoms with Gasteiger partial charge in [0.05, 0.1) is 36.3 Å². The molecule has 1 aliphatic heterocycles. The van der Waals surface area contributed by atoms with Crippen LogP contribution in [0.25, 0.3) is 0 Å². The van der Waals surface area contributed by atoms with E-state index in [1.807, 2.05) is 0 Å². The van der Waals surface area contributed by atoms with Crippen molar-refractivity contribution in [1.29, 1.82) is 0 Å². The zero-order chi connectivity index (χ0) is 19.1. The Hall–Kier alpha value is -2.33. The molecule has 3 rings (SSSR count). The molecule has 0 bridgehead atoms. The van der Waals surface area contributed by atoms with E-state index in [1.165, 1.54) is 26.4 Å². The number of rotatable bonds is 4. The highest BCUT2D eigenvalue weighted by Gasteiger charge is 2.50. The minimum Gasteiger partial charge on any atom is -0.497 e. The Bertz CT molecular complexity index is 817. The number of benzene rings is 1. The van der Waals surface area contributed by atoms with Crippen molar-refractivity contribution in [3.8, 4) is 11.5 Å². The van der Waals surface area contributed by atoms with Gasteiger partial charge in [-0.3, -0.25) is 10.0 Å². The van der Waals surface area contributed by atoms with Gasteiger partial charge in [0.1, 0.15) is 11.5 Å². The lowest BCUT2D eigenvalue weighted by atomic mass is 9.82. The largest absolute Gasteiger partial charge is 0.497 e. The highest BCUT2D eigenvalue weighted by molar-refractivity contribution is 7.92. The summed E-state index contributed by atoms with van der Waals surface area (Å²) in [6, 6.07) is 2.41. The quantitative estimate of drug-likeness (QED) is 0.741. The number of hydrogen-bond donors (Lipinski definition) is 2. The van der Waals surface area contributed by atoms with Crippen LogP contribution in [0.1, 0.15) is 19.3 Å². The molecule has 26 heavy (non-hydrogen) atoms. The number of hydrogen-bond acceptors (Lipinski definition) is 7. The molecule has 9 nitrogen and oxygen atoms in total. The van der Waals surface area contributed by atoms with E-state index in [0.717, 1.165) is 0 Å². The van der Waals surface area contributed by atoms with Gasteiger partial charge in [0.15, 0.2) is 9.84 Å². The van der Waals surface area contributed by atoms with Crippen molar-refractivity contribution in [2.24, 2.45) is 5.92 Å². The zero-order valence-corrected chi connectivity index (χ0v) is 15.2. The first-order valence-electron chi connectivity index (χ1n) is 8.10. The summed E-state index contributed by atoms with van der Waals surface area (Å²) in [5.41, 5.74) is 0. The Kier molecular flexibility index (Phi) is 4.80. The van der Waals surface area contributed by atoms with E-state index in [1.54, 1.807) is 6.07 Å². The molecule has 1 saturated heterocycles. The second kappa shape index (κ2) is 6.76. The van der Waals surface area contributed by atoms with Crippen molar-refractivity contribution in [2.75, 3.05) is 14.2 Å². The van der Waals surface area contributed by atoms with E-state index < -0.39 is 39.0 Å². The summed E-state index contributed by atoms with van der Waals surface area (Å²) in [6.07, 6.45) is 1.18. The number of methoxy groups -OCH3 is 2. The smallest absolute Gasteiger partial charge is 0.348 e. The summed E-state index contributed by atoms with van der Waals surface area (Å²) in [4.78, 5) is 23.9. The van der Waals surface area contributed by atoms with Crippen LogP contribution in [0, 0.1) is 5.92 Å². The molecular formula is C16H20N2O7S. The van der Waals surface area contributed by atoms with Crippen molar-refractivity contribution >= 4 is 21.8 Å². The van der Waals surface area contributed by atoms with Crippen molar-refractivity contribution < 1.29 is 32.7 Å². The minimum absolute atomic E-state index is 0.00697. The molecule has 0 radical (unpaired) electrons. The van der Waals surface area contributed by atoms with E-state index in [-0.39, 0.29) is 9.96 Å². The van der Waals surface area contributed by atoms with E-state index >= 15 is 0 Å².